The van der Waals surface area contributed by atoms with Crippen molar-refractivity contribution in [3.05, 3.63) is 40.3 Å². The third-order valence-electron chi connectivity index (χ3n) is 2.98. The zero-order chi connectivity index (χ0) is 15.8. The minimum absolute atomic E-state index is 0.0171. The van der Waals surface area contributed by atoms with Crippen LogP contribution in [-0.2, 0) is 11.2 Å². The number of nitrogens with one attached hydrogen (secondary N) is 1. The SMILES string of the molecule is COc1ccccc1OCC(=O)NCCCc1nc(C)cs1. The highest BCUT2D eigenvalue weighted by molar-refractivity contribution is 7.09. The molecule has 0 fully saturated rings. The maximum absolute atomic E-state index is 11.7. The molecule has 1 heterocycles. The smallest absolute Gasteiger partial charge is 0.257 e. The lowest BCUT2D eigenvalue weighted by Gasteiger charge is -2.10. The zero-order valence-electron chi connectivity index (χ0n) is 12.8. The standard InChI is InChI=1S/C16H20N2O3S/c1-12-11-22-16(18-12)8-5-9-17-15(19)10-21-14-7-4-3-6-13(14)20-2/h3-4,6-7,11H,5,8-10H2,1-2H3,(H,17,19). The molecule has 1 amide bonds. The van der Waals surface area contributed by atoms with Crippen molar-refractivity contribution in [2.45, 2.75) is 19.8 Å². The predicted molar refractivity (Wildman–Crippen MR) is 86.7 cm³/mol. The molecular formula is C16H20N2O3S. The lowest BCUT2D eigenvalue weighted by molar-refractivity contribution is -0.123. The molecule has 0 spiro atoms. The number of nitrogens with zero attached hydrogens (tertiary/aromatic N) is 1. The van der Waals surface area contributed by atoms with Gasteiger partial charge in [0.2, 0.25) is 0 Å². The average molecular weight is 320 g/mol. The number of benzene rings is 1. The Bertz CT molecular complexity index is 613. The fraction of sp³-hybridized carbons (Fsp3) is 0.375. The highest BCUT2D eigenvalue weighted by Crippen LogP contribution is 2.25. The number of carbonyl (C=O) groups is 1. The van der Waals surface area contributed by atoms with E-state index in [2.05, 4.69) is 10.3 Å². The van der Waals surface area contributed by atoms with Crippen molar-refractivity contribution in [1.29, 1.82) is 0 Å². The van der Waals surface area contributed by atoms with Crippen LogP contribution in [0, 0.1) is 6.92 Å². The second-order valence-electron chi connectivity index (χ2n) is 4.78. The Morgan fingerprint density at radius 1 is 1.32 bits per heavy atom. The van der Waals surface area contributed by atoms with E-state index in [1.54, 1.807) is 30.6 Å². The summed E-state index contributed by atoms with van der Waals surface area (Å²) in [4.78, 5) is 16.1. The number of rotatable bonds is 8. The summed E-state index contributed by atoms with van der Waals surface area (Å²) in [6.45, 7) is 2.58. The third kappa shape index (κ3) is 5.04. The van der Waals surface area contributed by atoms with Crippen molar-refractivity contribution in [1.82, 2.24) is 10.3 Å². The van der Waals surface area contributed by atoms with Gasteiger partial charge in [0.1, 0.15) is 0 Å². The van der Waals surface area contributed by atoms with Crippen molar-refractivity contribution in [3.63, 3.8) is 0 Å². The lowest BCUT2D eigenvalue weighted by atomic mass is 10.3. The van der Waals surface area contributed by atoms with Crippen LogP contribution in [0.2, 0.25) is 0 Å². The molecule has 0 saturated carbocycles. The summed E-state index contributed by atoms with van der Waals surface area (Å²) in [6, 6.07) is 7.26. The first-order chi connectivity index (χ1) is 10.7. The predicted octanol–water partition coefficient (Wildman–Crippen LogP) is 2.59. The quantitative estimate of drug-likeness (QED) is 0.760. The van der Waals surface area contributed by atoms with Gasteiger partial charge in [-0.2, -0.15) is 0 Å². The molecule has 2 aromatic rings. The molecule has 0 radical (unpaired) electrons. The summed E-state index contributed by atoms with van der Waals surface area (Å²) in [5, 5.41) is 5.98. The number of aryl methyl sites for hydroxylation is 2. The van der Waals surface area contributed by atoms with Crippen LogP contribution in [0.15, 0.2) is 29.6 Å². The maximum Gasteiger partial charge on any atom is 0.257 e. The van der Waals surface area contributed by atoms with E-state index in [0.29, 0.717) is 18.0 Å². The van der Waals surface area contributed by atoms with Gasteiger partial charge in [0.05, 0.1) is 12.1 Å². The van der Waals surface area contributed by atoms with Crippen LogP contribution in [0.1, 0.15) is 17.1 Å². The Hall–Kier alpha value is -2.08. The zero-order valence-corrected chi connectivity index (χ0v) is 13.6. The van der Waals surface area contributed by atoms with Gasteiger partial charge in [-0.15, -0.1) is 11.3 Å². The third-order valence-corrected chi connectivity index (χ3v) is 4.01. The van der Waals surface area contributed by atoms with Crippen molar-refractivity contribution in [3.8, 4) is 11.5 Å². The molecule has 22 heavy (non-hydrogen) atoms. The first-order valence-electron chi connectivity index (χ1n) is 7.12. The van der Waals surface area contributed by atoms with E-state index in [4.69, 9.17) is 9.47 Å². The highest BCUT2D eigenvalue weighted by atomic mass is 32.1. The Morgan fingerprint density at radius 3 is 2.77 bits per heavy atom. The Morgan fingerprint density at radius 2 is 2.09 bits per heavy atom. The summed E-state index contributed by atoms with van der Waals surface area (Å²) < 4.78 is 10.6. The maximum atomic E-state index is 11.7. The molecule has 0 aliphatic rings. The first kappa shape index (κ1) is 16.3. The summed E-state index contributed by atoms with van der Waals surface area (Å²) >= 11 is 1.66. The fourth-order valence-electron chi connectivity index (χ4n) is 1.92. The largest absolute Gasteiger partial charge is 0.493 e. The molecule has 6 heteroatoms. The summed E-state index contributed by atoms with van der Waals surface area (Å²) in [5.74, 6) is 1.05. The van der Waals surface area contributed by atoms with E-state index in [0.717, 1.165) is 23.5 Å². The number of hydrogen-bond acceptors (Lipinski definition) is 5. The molecule has 1 aromatic heterocycles. The molecule has 0 atom stereocenters. The van der Waals surface area contributed by atoms with Gasteiger partial charge in [0.25, 0.3) is 5.91 Å². The monoisotopic (exact) mass is 320 g/mol. The topological polar surface area (TPSA) is 60.5 Å². The van der Waals surface area contributed by atoms with Gasteiger partial charge in [-0.1, -0.05) is 12.1 Å². The van der Waals surface area contributed by atoms with Crippen LogP contribution < -0.4 is 14.8 Å². The van der Waals surface area contributed by atoms with Gasteiger partial charge in [-0.25, -0.2) is 4.98 Å². The van der Waals surface area contributed by atoms with Gasteiger partial charge in [0, 0.05) is 24.0 Å². The summed E-state index contributed by atoms with van der Waals surface area (Å²) in [7, 11) is 1.57. The minimum atomic E-state index is -0.138. The number of ether oxygens (including phenoxy) is 2. The molecule has 0 unspecified atom stereocenters. The number of carbonyl (C=O) groups excluding carboxylic acids is 1. The minimum Gasteiger partial charge on any atom is -0.493 e. The molecule has 0 aliphatic carbocycles. The van der Waals surface area contributed by atoms with Crippen molar-refractivity contribution >= 4 is 17.2 Å². The second kappa shape index (κ2) is 8.38. The molecular weight excluding hydrogens is 300 g/mol. The fourth-order valence-corrected chi connectivity index (χ4v) is 2.74. The molecule has 0 bridgehead atoms. The number of hydrogen-bond donors (Lipinski definition) is 1. The van der Waals surface area contributed by atoms with E-state index < -0.39 is 0 Å². The van der Waals surface area contributed by atoms with Gasteiger partial charge < -0.3 is 14.8 Å². The number of methoxy groups -OCH3 is 1. The Balaban J connectivity index is 1.65. The van der Waals surface area contributed by atoms with Crippen LogP contribution in [0.3, 0.4) is 0 Å². The van der Waals surface area contributed by atoms with E-state index in [-0.39, 0.29) is 12.5 Å². The molecule has 2 rings (SSSR count). The van der Waals surface area contributed by atoms with E-state index in [1.165, 1.54) is 0 Å². The van der Waals surface area contributed by atoms with Crippen LogP contribution in [0.4, 0.5) is 0 Å². The number of para-hydroxylation sites is 2. The molecule has 118 valence electrons. The molecule has 0 aliphatic heterocycles. The van der Waals surface area contributed by atoms with Crippen LogP contribution in [-0.4, -0.2) is 31.2 Å². The normalized spacial score (nSPS) is 10.3. The molecule has 5 nitrogen and oxygen atoms in total. The number of thiazole rings is 1. The Kier molecular flexibility index (Phi) is 6.21. The van der Waals surface area contributed by atoms with Crippen LogP contribution in [0.5, 0.6) is 11.5 Å². The van der Waals surface area contributed by atoms with Gasteiger partial charge >= 0.3 is 0 Å². The summed E-state index contributed by atoms with van der Waals surface area (Å²) in [5.41, 5.74) is 1.05. The molecule has 0 saturated heterocycles. The van der Waals surface area contributed by atoms with Crippen LogP contribution >= 0.6 is 11.3 Å². The van der Waals surface area contributed by atoms with Crippen LogP contribution in [0.25, 0.3) is 0 Å². The van der Waals surface area contributed by atoms with Gasteiger partial charge in [0.15, 0.2) is 18.1 Å². The second-order valence-corrected chi connectivity index (χ2v) is 5.72. The van der Waals surface area contributed by atoms with Crippen molar-refractivity contribution < 1.29 is 14.3 Å². The molecule has 1 N–H and O–H groups in total. The number of aromatic nitrogens is 1. The average Bonchev–Trinajstić information content (AvgIpc) is 2.95. The highest BCUT2D eigenvalue weighted by Gasteiger charge is 2.06. The van der Waals surface area contributed by atoms with Gasteiger partial charge in [-0.05, 0) is 25.5 Å². The lowest BCUT2D eigenvalue weighted by Crippen LogP contribution is -2.30. The molecule has 1 aromatic carbocycles. The summed E-state index contributed by atoms with van der Waals surface area (Å²) in [6.07, 6.45) is 1.75. The van der Waals surface area contributed by atoms with E-state index in [1.807, 2.05) is 24.4 Å². The van der Waals surface area contributed by atoms with Crippen molar-refractivity contribution in [2.75, 3.05) is 20.3 Å². The number of amides is 1. The van der Waals surface area contributed by atoms with Crippen molar-refractivity contribution in [2.24, 2.45) is 0 Å². The first-order valence-corrected chi connectivity index (χ1v) is 8.00. The van der Waals surface area contributed by atoms with E-state index >= 15 is 0 Å². The Labute approximate surface area is 134 Å². The van der Waals surface area contributed by atoms with Gasteiger partial charge in [-0.3, -0.25) is 4.79 Å². The van der Waals surface area contributed by atoms with E-state index in [9.17, 15) is 4.79 Å².